The molecule has 0 spiro atoms. The number of rotatable bonds is 1. The van der Waals surface area contributed by atoms with Crippen molar-refractivity contribution in [2.45, 2.75) is 10.1 Å². The van der Waals surface area contributed by atoms with Gasteiger partial charge in [-0.1, -0.05) is 60.7 Å². The van der Waals surface area contributed by atoms with Crippen LogP contribution in [0.2, 0.25) is 0 Å². The van der Waals surface area contributed by atoms with Gasteiger partial charge in [0.1, 0.15) is 0 Å². The molecule has 23 heavy (non-hydrogen) atoms. The summed E-state index contributed by atoms with van der Waals surface area (Å²) >= 11 is 1.77. The zero-order chi connectivity index (χ0) is 15.6. The fraction of sp³-hybridized carbons (Fsp3) is 0.0500. The summed E-state index contributed by atoms with van der Waals surface area (Å²) in [4.78, 5) is 13.8. The lowest BCUT2D eigenvalue weighted by Crippen LogP contribution is -2.18. The van der Waals surface area contributed by atoms with Gasteiger partial charge in [0, 0.05) is 10.5 Å². The van der Waals surface area contributed by atoms with Crippen molar-refractivity contribution in [2.24, 2.45) is 0 Å². The molecule has 1 amide bonds. The Kier molecular flexibility index (Phi) is 3.64. The fourth-order valence-corrected chi connectivity index (χ4v) is 4.14. The number of hydrogen-bond donors (Lipinski definition) is 1. The fourth-order valence-electron chi connectivity index (χ4n) is 2.86. The average Bonchev–Trinajstić information content (AvgIpc) is 2.60. The van der Waals surface area contributed by atoms with Gasteiger partial charge in [-0.05, 0) is 29.3 Å². The van der Waals surface area contributed by atoms with Crippen molar-refractivity contribution in [1.82, 2.24) is 0 Å². The van der Waals surface area contributed by atoms with Crippen LogP contribution in [0.5, 0.6) is 0 Å². The molecule has 3 aromatic rings. The van der Waals surface area contributed by atoms with E-state index in [1.54, 1.807) is 11.8 Å². The lowest BCUT2D eigenvalue weighted by atomic mass is 9.98. The molecule has 1 aliphatic heterocycles. The topological polar surface area (TPSA) is 29.1 Å². The summed E-state index contributed by atoms with van der Waals surface area (Å²) in [6.07, 6.45) is 0. The highest BCUT2D eigenvalue weighted by atomic mass is 32.2. The minimum atomic E-state index is -0.0470. The lowest BCUT2D eigenvalue weighted by Gasteiger charge is -2.24. The molecule has 112 valence electrons. The number of carbonyl (C=O) groups is 1. The Morgan fingerprint density at radius 1 is 0.783 bits per heavy atom. The van der Waals surface area contributed by atoms with Crippen molar-refractivity contribution in [2.75, 3.05) is 5.32 Å². The van der Waals surface area contributed by atoms with Crippen molar-refractivity contribution < 1.29 is 4.79 Å². The van der Waals surface area contributed by atoms with Gasteiger partial charge < -0.3 is 5.32 Å². The van der Waals surface area contributed by atoms with Gasteiger partial charge >= 0.3 is 0 Å². The van der Waals surface area contributed by atoms with Crippen molar-refractivity contribution in [1.29, 1.82) is 0 Å². The van der Waals surface area contributed by atoms with E-state index >= 15 is 0 Å². The Morgan fingerprint density at radius 3 is 2.35 bits per heavy atom. The number of para-hydroxylation sites is 1. The summed E-state index contributed by atoms with van der Waals surface area (Å²) in [6.45, 7) is 0. The van der Waals surface area contributed by atoms with E-state index in [-0.39, 0.29) is 11.2 Å². The first kappa shape index (κ1) is 14.1. The van der Waals surface area contributed by atoms with E-state index in [0.29, 0.717) is 0 Å². The average molecular weight is 317 g/mol. The highest BCUT2D eigenvalue weighted by Crippen LogP contribution is 2.45. The predicted molar refractivity (Wildman–Crippen MR) is 95.0 cm³/mol. The highest BCUT2D eigenvalue weighted by Gasteiger charge is 2.25. The highest BCUT2D eigenvalue weighted by molar-refractivity contribution is 8.00. The quantitative estimate of drug-likeness (QED) is 0.674. The minimum absolute atomic E-state index is 0.0470. The van der Waals surface area contributed by atoms with E-state index < -0.39 is 0 Å². The van der Waals surface area contributed by atoms with Crippen LogP contribution in [0.3, 0.4) is 0 Å². The molecule has 1 atom stereocenters. The maximum atomic E-state index is 12.7. The van der Waals surface area contributed by atoms with Crippen LogP contribution < -0.4 is 5.32 Å². The standard InChI is InChI=1S/C20H15NOS/c22-20-16-11-5-4-10-15(16)19(14-8-2-1-3-9-14)23-18-13-7-6-12-17(18)21-20/h1-13,19H,(H,21,22). The third-order valence-corrected chi connectivity index (χ3v) is 5.34. The molecule has 0 saturated heterocycles. The molecular weight excluding hydrogens is 302 g/mol. The van der Waals surface area contributed by atoms with Crippen LogP contribution in [0.15, 0.2) is 83.8 Å². The molecule has 1 aliphatic rings. The minimum Gasteiger partial charge on any atom is -0.321 e. The van der Waals surface area contributed by atoms with Gasteiger partial charge in [-0.25, -0.2) is 0 Å². The zero-order valence-electron chi connectivity index (χ0n) is 12.4. The van der Waals surface area contributed by atoms with E-state index in [0.717, 1.165) is 21.7 Å². The Balaban J connectivity index is 1.92. The summed E-state index contributed by atoms with van der Waals surface area (Å²) in [5.41, 5.74) is 3.87. The van der Waals surface area contributed by atoms with Gasteiger partial charge in [0.2, 0.25) is 0 Å². The Hall–Kier alpha value is -2.52. The molecule has 0 fully saturated rings. The molecule has 2 nitrogen and oxygen atoms in total. The molecule has 3 aromatic carbocycles. The molecule has 3 heteroatoms. The van der Waals surface area contributed by atoms with E-state index in [2.05, 4.69) is 23.5 Å². The molecule has 1 heterocycles. The number of carbonyl (C=O) groups excluding carboxylic acids is 1. The second-order valence-electron chi connectivity index (χ2n) is 5.45. The van der Waals surface area contributed by atoms with Crippen LogP contribution in [0.4, 0.5) is 5.69 Å². The van der Waals surface area contributed by atoms with Gasteiger partial charge in [-0.15, -0.1) is 11.8 Å². The van der Waals surface area contributed by atoms with E-state index in [1.165, 1.54) is 5.56 Å². The van der Waals surface area contributed by atoms with Gasteiger partial charge in [-0.2, -0.15) is 0 Å². The van der Waals surface area contributed by atoms with Gasteiger partial charge in [-0.3, -0.25) is 4.79 Å². The summed E-state index contributed by atoms with van der Waals surface area (Å²) < 4.78 is 0. The number of benzene rings is 3. The summed E-state index contributed by atoms with van der Waals surface area (Å²) in [5, 5.41) is 3.13. The molecule has 4 rings (SSSR count). The summed E-state index contributed by atoms with van der Waals surface area (Å²) in [6, 6.07) is 26.2. The van der Waals surface area contributed by atoms with Crippen LogP contribution in [0.1, 0.15) is 26.7 Å². The van der Waals surface area contributed by atoms with E-state index in [4.69, 9.17) is 0 Å². The molecule has 1 N–H and O–H groups in total. The van der Waals surface area contributed by atoms with Crippen LogP contribution in [0.25, 0.3) is 0 Å². The van der Waals surface area contributed by atoms with Crippen molar-refractivity contribution in [3.05, 3.63) is 95.6 Å². The van der Waals surface area contributed by atoms with Crippen LogP contribution >= 0.6 is 11.8 Å². The van der Waals surface area contributed by atoms with E-state index in [1.807, 2.05) is 60.7 Å². The van der Waals surface area contributed by atoms with Gasteiger partial charge in [0.25, 0.3) is 5.91 Å². The number of amides is 1. The first-order valence-electron chi connectivity index (χ1n) is 7.54. The maximum Gasteiger partial charge on any atom is 0.256 e. The maximum absolute atomic E-state index is 12.7. The SMILES string of the molecule is O=C1Nc2ccccc2SC(c2ccccc2)c2ccccc21. The predicted octanol–water partition coefficient (Wildman–Crippen LogP) is 5.13. The second-order valence-corrected chi connectivity index (χ2v) is 6.59. The number of hydrogen-bond acceptors (Lipinski definition) is 2. The Morgan fingerprint density at radius 2 is 1.48 bits per heavy atom. The van der Waals surface area contributed by atoms with Crippen molar-refractivity contribution in [3.63, 3.8) is 0 Å². The number of fused-ring (bicyclic) bond motifs is 2. The molecule has 0 bridgehead atoms. The molecule has 0 saturated carbocycles. The van der Waals surface area contributed by atoms with Crippen LogP contribution in [-0.2, 0) is 0 Å². The summed E-state index contributed by atoms with van der Waals surface area (Å²) in [5.74, 6) is -0.0470. The lowest BCUT2D eigenvalue weighted by molar-refractivity contribution is 0.102. The first-order valence-corrected chi connectivity index (χ1v) is 8.42. The molecule has 0 aromatic heterocycles. The largest absolute Gasteiger partial charge is 0.321 e. The molecule has 1 unspecified atom stereocenters. The van der Waals surface area contributed by atoms with E-state index in [9.17, 15) is 4.79 Å². The second kappa shape index (κ2) is 5.94. The number of anilines is 1. The Bertz CT molecular complexity index is 860. The van der Waals surface area contributed by atoms with Crippen LogP contribution in [-0.4, -0.2) is 5.91 Å². The Labute approximate surface area is 139 Å². The third kappa shape index (κ3) is 2.64. The van der Waals surface area contributed by atoms with Crippen LogP contribution in [0, 0.1) is 0 Å². The monoisotopic (exact) mass is 317 g/mol. The smallest absolute Gasteiger partial charge is 0.256 e. The van der Waals surface area contributed by atoms with Gasteiger partial charge in [0.05, 0.1) is 10.9 Å². The van der Waals surface area contributed by atoms with Gasteiger partial charge in [0.15, 0.2) is 0 Å². The molecule has 0 aliphatic carbocycles. The number of nitrogens with one attached hydrogen (secondary N) is 1. The molecule has 0 radical (unpaired) electrons. The van der Waals surface area contributed by atoms with Crippen molar-refractivity contribution >= 4 is 23.4 Å². The normalized spacial score (nSPS) is 16.5. The summed E-state index contributed by atoms with van der Waals surface area (Å²) in [7, 11) is 0. The third-order valence-electron chi connectivity index (χ3n) is 3.97. The molecular formula is C20H15NOS. The zero-order valence-corrected chi connectivity index (χ0v) is 13.2. The first-order chi connectivity index (χ1) is 11.3. The van der Waals surface area contributed by atoms with Crippen molar-refractivity contribution in [3.8, 4) is 0 Å². The number of thioether (sulfide) groups is 1.